The molecule has 0 spiro atoms. The maximum Gasteiger partial charge on any atom is 0.326 e. The topological polar surface area (TPSA) is 437 Å². The first-order valence-corrected chi connectivity index (χ1v) is 23.6. The number of aliphatic carboxylic acids is 2. The fourth-order valence-corrected chi connectivity index (χ4v) is 7.68. The number of H-pyrrole nitrogens is 1. The highest BCUT2D eigenvalue weighted by molar-refractivity contribution is 5.98. The van der Waals surface area contributed by atoms with Crippen molar-refractivity contribution >= 4 is 65.1 Å². The summed E-state index contributed by atoms with van der Waals surface area (Å²) in [5.74, 6) is -11.4. The van der Waals surface area contributed by atoms with Gasteiger partial charge in [0, 0.05) is 44.1 Å². The van der Waals surface area contributed by atoms with Crippen molar-refractivity contribution in [2.75, 3.05) is 19.7 Å². The molecule has 402 valence electrons. The molecular formula is C46H68N12O15. The van der Waals surface area contributed by atoms with Gasteiger partial charge in [-0.3, -0.25) is 47.9 Å². The summed E-state index contributed by atoms with van der Waals surface area (Å²) in [6.07, 6.45) is 1.49. The van der Waals surface area contributed by atoms with Crippen LogP contribution in [0.4, 0.5) is 0 Å². The summed E-state index contributed by atoms with van der Waals surface area (Å²) in [6, 6.07) is -5.34. The largest absolute Gasteiger partial charge is 0.508 e. The zero-order chi connectivity index (χ0) is 54.5. The van der Waals surface area contributed by atoms with Crippen LogP contribution in [0.3, 0.4) is 0 Å². The molecule has 9 amide bonds. The molecule has 27 heteroatoms. The quantitative estimate of drug-likeness (QED) is 0.0356. The summed E-state index contributed by atoms with van der Waals surface area (Å²) in [4.78, 5) is 151. The zero-order valence-electron chi connectivity index (χ0n) is 41.1. The lowest BCUT2D eigenvalue weighted by molar-refractivity contribution is -0.143. The van der Waals surface area contributed by atoms with Crippen LogP contribution in [0.15, 0.2) is 36.8 Å². The highest BCUT2D eigenvalue weighted by atomic mass is 16.4. The lowest BCUT2D eigenvalue weighted by Gasteiger charge is -2.31. The Bertz CT molecular complexity index is 2260. The van der Waals surface area contributed by atoms with Crippen LogP contribution in [0, 0.1) is 11.8 Å². The molecule has 2 heterocycles. The van der Waals surface area contributed by atoms with Crippen molar-refractivity contribution in [3.8, 4) is 5.75 Å². The summed E-state index contributed by atoms with van der Waals surface area (Å²) in [5.41, 5.74) is 12.3. The Kier molecular flexibility index (Phi) is 23.7. The molecule has 0 bridgehead atoms. The van der Waals surface area contributed by atoms with Gasteiger partial charge in [0.05, 0.1) is 25.5 Å². The zero-order valence-corrected chi connectivity index (χ0v) is 41.1. The number of hydrogen-bond acceptors (Lipinski definition) is 15. The summed E-state index contributed by atoms with van der Waals surface area (Å²) in [5, 5.41) is 55.7. The van der Waals surface area contributed by atoms with E-state index in [4.69, 9.17) is 11.5 Å². The van der Waals surface area contributed by atoms with Gasteiger partial charge in [-0.05, 0) is 61.6 Å². The number of rotatable bonds is 30. The van der Waals surface area contributed by atoms with Gasteiger partial charge in [-0.25, -0.2) is 9.78 Å². The molecule has 1 fully saturated rings. The number of carbonyl (C=O) groups excluding carboxylic acids is 9. The Balaban J connectivity index is 1.73. The number of nitrogens with zero attached hydrogens (tertiary/aromatic N) is 2. The van der Waals surface area contributed by atoms with Crippen LogP contribution >= 0.6 is 0 Å². The standard InChI is InChI=1S/C46H68N12O15/c1-23(2)16-32(46(72)73)56-41(67)29(11-13-35(48)61)54-42(68)33(21-59)52-36(62)20-50-44(70)38(24(3)4)57-43(69)34-6-5-15-58(34)45(71)31(17-25-7-9-27(60)10-8-25)55-40(66)30(12-14-37(63)64)53-39(65)28(47)18-26-19-49-22-51-26/h7-10,19,22-24,28-34,38,59-60H,5-6,11-18,20-21,47H2,1-4H3,(H2,48,61)(H,49,51)(H,50,70)(H,52,62)(H,53,65)(H,54,68)(H,55,66)(H,56,67)(H,57,69)(H,63,64)(H,72,73)/t28-,29-,30-,31-,32-,33-,34-,38-/m0/s1. The molecule has 2 aromatic rings. The maximum absolute atomic E-state index is 14.5. The molecule has 1 aromatic heterocycles. The van der Waals surface area contributed by atoms with Gasteiger partial charge >= 0.3 is 11.9 Å². The Morgan fingerprint density at radius 2 is 1.34 bits per heavy atom. The number of aromatic hydroxyl groups is 1. The number of nitrogens with two attached hydrogens (primary N) is 2. The molecule has 3 rings (SSSR count). The van der Waals surface area contributed by atoms with Crippen LogP contribution in [-0.2, 0) is 65.6 Å². The van der Waals surface area contributed by atoms with Crippen LogP contribution < -0.4 is 48.7 Å². The predicted octanol–water partition coefficient (Wildman–Crippen LogP) is -3.85. The average Bonchev–Trinajstić information content (AvgIpc) is 4.04. The van der Waals surface area contributed by atoms with Gasteiger partial charge in [-0.1, -0.05) is 39.8 Å². The monoisotopic (exact) mass is 1030 g/mol. The lowest BCUT2D eigenvalue weighted by Crippen LogP contribution is -2.60. The fraction of sp³-hybridized carbons (Fsp3) is 0.565. The third-order valence-electron chi connectivity index (χ3n) is 11.6. The van der Waals surface area contributed by atoms with E-state index in [-0.39, 0.29) is 56.7 Å². The smallest absolute Gasteiger partial charge is 0.326 e. The van der Waals surface area contributed by atoms with Crippen LogP contribution in [0.5, 0.6) is 5.75 Å². The average molecular weight is 1030 g/mol. The number of aromatic amines is 1. The van der Waals surface area contributed by atoms with Crippen molar-refractivity contribution in [3.05, 3.63) is 48.0 Å². The molecule has 0 saturated carbocycles. The van der Waals surface area contributed by atoms with Gasteiger partial charge in [0.1, 0.15) is 48.0 Å². The van der Waals surface area contributed by atoms with E-state index in [0.717, 1.165) is 0 Å². The number of carboxylic acids is 2. The number of carboxylic acid groups (broad SMARTS) is 2. The van der Waals surface area contributed by atoms with Crippen molar-refractivity contribution < 1.29 is 73.2 Å². The van der Waals surface area contributed by atoms with Crippen molar-refractivity contribution in [1.82, 2.24) is 52.1 Å². The van der Waals surface area contributed by atoms with Gasteiger partial charge in [0.2, 0.25) is 53.2 Å². The number of nitrogens with one attached hydrogen (secondary N) is 8. The summed E-state index contributed by atoms with van der Waals surface area (Å²) in [7, 11) is 0. The first kappa shape index (κ1) is 59.6. The first-order valence-electron chi connectivity index (χ1n) is 23.6. The Hall–Kier alpha value is -7.68. The molecule has 0 aliphatic carbocycles. The van der Waals surface area contributed by atoms with E-state index in [1.165, 1.54) is 41.7 Å². The number of amides is 9. The number of phenolic OH excluding ortho intramolecular Hbond substituents is 1. The number of aromatic nitrogens is 2. The fourth-order valence-electron chi connectivity index (χ4n) is 7.68. The molecule has 1 saturated heterocycles. The number of aliphatic hydroxyl groups is 1. The summed E-state index contributed by atoms with van der Waals surface area (Å²) >= 11 is 0. The normalized spacial score (nSPS) is 16.1. The molecule has 27 nitrogen and oxygen atoms in total. The van der Waals surface area contributed by atoms with Gasteiger partial charge in [-0.15, -0.1) is 0 Å². The third-order valence-corrected chi connectivity index (χ3v) is 11.6. The molecule has 73 heavy (non-hydrogen) atoms. The van der Waals surface area contributed by atoms with E-state index in [1.54, 1.807) is 27.7 Å². The molecule has 8 atom stereocenters. The first-order chi connectivity index (χ1) is 34.4. The number of imidazole rings is 1. The number of carbonyl (C=O) groups is 11. The minimum atomic E-state index is -1.70. The molecule has 1 aliphatic rings. The van der Waals surface area contributed by atoms with Crippen LogP contribution in [-0.4, -0.2) is 168 Å². The molecule has 0 unspecified atom stereocenters. The second-order valence-electron chi connectivity index (χ2n) is 18.3. The highest BCUT2D eigenvalue weighted by Crippen LogP contribution is 2.22. The molecule has 1 aromatic carbocycles. The SMILES string of the molecule is CC(C)C[C@H](NC(=O)[C@H](CCC(N)=O)NC(=O)[C@H](CO)NC(=O)CNC(=O)[C@@H](NC(=O)[C@@H]1CCCN1C(=O)[C@H](Cc1ccc(O)cc1)NC(=O)[C@H](CCC(=O)O)NC(=O)[C@@H](N)Cc1cnc[nH]1)C(C)C)C(=O)O. The van der Waals surface area contributed by atoms with Crippen molar-refractivity contribution in [3.63, 3.8) is 0 Å². The van der Waals surface area contributed by atoms with Crippen LogP contribution in [0.1, 0.15) is 83.9 Å². The second kappa shape index (κ2) is 29.0. The Labute approximate surface area is 420 Å². The lowest BCUT2D eigenvalue weighted by atomic mass is 10.0. The predicted molar refractivity (Wildman–Crippen MR) is 256 cm³/mol. The minimum Gasteiger partial charge on any atom is -0.508 e. The number of primary amides is 1. The van der Waals surface area contributed by atoms with E-state index >= 15 is 0 Å². The van der Waals surface area contributed by atoms with Crippen molar-refractivity contribution in [2.24, 2.45) is 23.3 Å². The second-order valence-corrected chi connectivity index (χ2v) is 18.3. The van der Waals surface area contributed by atoms with E-state index in [1.807, 2.05) is 0 Å². The minimum absolute atomic E-state index is 0.00563. The molecule has 16 N–H and O–H groups in total. The Morgan fingerprint density at radius 3 is 1.89 bits per heavy atom. The van der Waals surface area contributed by atoms with E-state index in [9.17, 15) is 73.2 Å². The molecular weight excluding hydrogens is 961 g/mol. The number of phenols is 1. The number of hydrogen-bond donors (Lipinski definition) is 14. The third kappa shape index (κ3) is 19.8. The van der Waals surface area contributed by atoms with Gasteiger partial charge in [0.25, 0.3) is 0 Å². The number of benzene rings is 1. The molecule has 0 radical (unpaired) electrons. The summed E-state index contributed by atoms with van der Waals surface area (Å²) in [6.45, 7) is 4.90. The van der Waals surface area contributed by atoms with Gasteiger partial charge < -0.3 is 79.0 Å². The van der Waals surface area contributed by atoms with Crippen LogP contribution in [0.2, 0.25) is 0 Å². The Morgan fingerprint density at radius 1 is 0.753 bits per heavy atom. The van der Waals surface area contributed by atoms with Crippen molar-refractivity contribution in [2.45, 2.75) is 134 Å². The van der Waals surface area contributed by atoms with E-state index in [0.29, 0.717) is 17.7 Å². The highest BCUT2D eigenvalue weighted by Gasteiger charge is 2.40. The number of aliphatic hydroxyl groups excluding tert-OH is 1. The van der Waals surface area contributed by atoms with Crippen molar-refractivity contribution in [1.29, 1.82) is 0 Å². The summed E-state index contributed by atoms with van der Waals surface area (Å²) < 4.78 is 0. The number of likely N-dealkylation sites (tertiary alicyclic amines) is 1. The molecule has 1 aliphatic heterocycles. The maximum atomic E-state index is 14.5. The van der Waals surface area contributed by atoms with Gasteiger partial charge in [0.15, 0.2) is 0 Å². The van der Waals surface area contributed by atoms with Crippen LogP contribution in [0.25, 0.3) is 0 Å². The van der Waals surface area contributed by atoms with Gasteiger partial charge in [-0.2, -0.15) is 0 Å². The van der Waals surface area contributed by atoms with E-state index < -0.39 is 145 Å². The van der Waals surface area contributed by atoms with E-state index in [2.05, 4.69) is 47.2 Å².